The van der Waals surface area contributed by atoms with Gasteiger partial charge in [-0.1, -0.05) is 6.07 Å². The normalized spacial score (nSPS) is 10.6. The van der Waals surface area contributed by atoms with Gasteiger partial charge < -0.3 is 19.2 Å². The monoisotopic (exact) mass is 325 g/mol. The standard InChI is InChI=1S/C17H19N5O2/c1-12-4-5-14(24-3)13(10-12)20-15(23)11-22-9-7-19-17(22)16-18-6-8-21(16)2/h4-10H,11H2,1-3H3,(H,20,23). The van der Waals surface area contributed by atoms with Crippen molar-refractivity contribution < 1.29 is 9.53 Å². The molecule has 7 nitrogen and oxygen atoms in total. The highest BCUT2D eigenvalue weighted by Crippen LogP contribution is 2.25. The molecule has 0 spiro atoms. The summed E-state index contributed by atoms with van der Waals surface area (Å²) in [5.41, 5.74) is 1.70. The Bertz CT molecular complexity index is 866. The van der Waals surface area contributed by atoms with Crippen LogP contribution in [0.2, 0.25) is 0 Å². The van der Waals surface area contributed by atoms with Crippen LogP contribution in [-0.4, -0.2) is 32.1 Å². The van der Waals surface area contributed by atoms with Crippen molar-refractivity contribution in [1.29, 1.82) is 0 Å². The number of ether oxygens (including phenoxy) is 1. The van der Waals surface area contributed by atoms with Crippen LogP contribution in [0, 0.1) is 6.92 Å². The first-order valence-electron chi connectivity index (χ1n) is 7.52. The lowest BCUT2D eigenvalue weighted by atomic mass is 10.2. The highest BCUT2D eigenvalue weighted by Gasteiger charge is 2.14. The Kier molecular flexibility index (Phi) is 4.33. The van der Waals surface area contributed by atoms with Gasteiger partial charge in [0.15, 0.2) is 11.6 Å². The Morgan fingerprint density at radius 3 is 2.67 bits per heavy atom. The van der Waals surface area contributed by atoms with E-state index in [2.05, 4.69) is 15.3 Å². The van der Waals surface area contributed by atoms with Crippen molar-refractivity contribution in [3.8, 4) is 17.4 Å². The second kappa shape index (κ2) is 6.57. The first-order chi connectivity index (χ1) is 11.6. The number of carbonyl (C=O) groups is 1. The molecule has 0 aliphatic rings. The summed E-state index contributed by atoms with van der Waals surface area (Å²) in [6.45, 7) is 2.10. The van der Waals surface area contributed by atoms with Gasteiger partial charge in [0.1, 0.15) is 12.3 Å². The van der Waals surface area contributed by atoms with Crippen molar-refractivity contribution in [2.75, 3.05) is 12.4 Å². The summed E-state index contributed by atoms with van der Waals surface area (Å²) in [5, 5.41) is 2.89. The van der Waals surface area contributed by atoms with Crippen LogP contribution in [0.3, 0.4) is 0 Å². The number of amides is 1. The van der Waals surface area contributed by atoms with Crippen LogP contribution in [0.1, 0.15) is 5.56 Å². The molecule has 0 unspecified atom stereocenters. The van der Waals surface area contributed by atoms with Crippen LogP contribution < -0.4 is 10.1 Å². The number of hydrogen-bond acceptors (Lipinski definition) is 4. The summed E-state index contributed by atoms with van der Waals surface area (Å²) >= 11 is 0. The summed E-state index contributed by atoms with van der Waals surface area (Å²) in [6, 6.07) is 5.65. The van der Waals surface area contributed by atoms with E-state index < -0.39 is 0 Å². The second-order valence-corrected chi connectivity index (χ2v) is 5.49. The van der Waals surface area contributed by atoms with Gasteiger partial charge in [0.25, 0.3) is 0 Å². The smallest absolute Gasteiger partial charge is 0.244 e. The fourth-order valence-electron chi connectivity index (χ4n) is 2.49. The molecule has 7 heteroatoms. The Hall–Kier alpha value is -3.09. The molecule has 3 rings (SSSR count). The lowest BCUT2D eigenvalue weighted by Crippen LogP contribution is -2.19. The lowest BCUT2D eigenvalue weighted by Gasteiger charge is -2.12. The average Bonchev–Trinajstić information content (AvgIpc) is 3.16. The Morgan fingerprint density at radius 1 is 1.21 bits per heavy atom. The predicted molar refractivity (Wildman–Crippen MR) is 90.8 cm³/mol. The topological polar surface area (TPSA) is 74.0 Å². The van der Waals surface area contributed by atoms with Gasteiger partial charge in [-0.25, -0.2) is 9.97 Å². The van der Waals surface area contributed by atoms with E-state index in [4.69, 9.17) is 4.74 Å². The Morgan fingerprint density at radius 2 is 1.96 bits per heavy atom. The van der Waals surface area contributed by atoms with Crippen LogP contribution in [0.5, 0.6) is 5.75 Å². The number of hydrogen-bond donors (Lipinski definition) is 1. The maximum Gasteiger partial charge on any atom is 0.244 e. The summed E-state index contributed by atoms with van der Waals surface area (Å²) in [7, 11) is 3.47. The SMILES string of the molecule is COc1ccc(C)cc1NC(=O)Cn1ccnc1-c1nccn1C. The maximum absolute atomic E-state index is 12.4. The summed E-state index contributed by atoms with van der Waals surface area (Å²) in [4.78, 5) is 21.0. The van der Waals surface area contributed by atoms with Gasteiger partial charge in [0.05, 0.1) is 12.8 Å². The van der Waals surface area contributed by atoms with Crippen LogP contribution in [-0.2, 0) is 18.4 Å². The average molecular weight is 325 g/mol. The van der Waals surface area contributed by atoms with Gasteiger partial charge in [-0.05, 0) is 24.6 Å². The third-order valence-electron chi connectivity index (χ3n) is 3.68. The van der Waals surface area contributed by atoms with Gasteiger partial charge in [-0.3, -0.25) is 4.79 Å². The van der Waals surface area contributed by atoms with Crippen LogP contribution in [0.15, 0.2) is 43.0 Å². The van der Waals surface area contributed by atoms with E-state index in [1.54, 1.807) is 30.3 Å². The van der Waals surface area contributed by atoms with Crippen molar-refractivity contribution in [2.45, 2.75) is 13.5 Å². The van der Waals surface area contributed by atoms with Crippen molar-refractivity contribution in [3.05, 3.63) is 48.5 Å². The number of aryl methyl sites for hydroxylation is 2. The van der Waals surface area contributed by atoms with Gasteiger partial charge in [-0.15, -0.1) is 0 Å². The quantitative estimate of drug-likeness (QED) is 0.781. The van der Waals surface area contributed by atoms with E-state index in [-0.39, 0.29) is 12.5 Å². The molecule has 0 aliphatic carbocycles. The first-order valence-corrected chi connectivity index (χ1v) is 7.52. The minimum atomic E-state index is -0.160. The zero-order valence-electron chi connectivity index (χ0n) is 13.9. The molecule has 0 saturated heterocycles. The number of benzene rings is 1. The molecule has 1 aromatic carbocycles. The zero-order valence-corrected chi connectivity index (χ0v) is 13.9. The Labute approximate surface area is 139 Å². The van der Waals surface area contributed by atoms with E-state index >= 15 is 0 Å². The second-order valence-electron chi connectivity index (χ2n) is 5.49. The van der Waals surface area contributed by atoms with Gasteiger partial charge in [0, 0.05) is 31.8 Å². The number of nitrogens with zero attached hydrogens (tertiary/aromatic N) is 4. The van der Waals surface area contributed by atoms with E-state index in [1.807, 2.05) is 42.9 Å². The van der Waals surface area contributed by atoms with E-state index in [1.165, 1.54) is 0 Å². The van der Waals surface area contributed by atoms with Crippen LogP contribution in [0.25, 0.3) is 11.6 Å². The molecule has 0 radical (unpaired) electrons. The minimum Gasteiger partial charge on any atom is -0.495 e. The fourth-order valence-corrected chi connectivity index (χ4v) is 2.49. The summed E-state index contributed by atoms with van der Waals surface area (Å²) in [5.74, 6) is 1.83. The molecular formula is C17H19N5O2. The van der Waals surface area contributed by atoms with Crippen molar-refractivity contribution in [1.82, 2.24) is 19.1 Å². The summed E-state index contributed by atoms with van der Waals surface area (Å²) in [6.07, 6.45) is 6.96. The number of rotatable bonds is 5. The molecule has 0 aliphatic heterocycles. The number of methoxy groups -OCH3 is 1. The molecule has 124 valence electrons. The molecule has 0 bridgehead atoms. The molecule has 2 aromatic heterocycles. The number of nitrogens with one attached hydrogen (secondary N) is 1. The van der Waals surface area contributed by atoms with Crippen molar-refractivity contribution in [2.24, 2.45) is 7.05 Å². The Balaban J connectivity index is 1.79. The minimum absolute atomic E-state index is 0.138. The molecule has 0 fully saturated rings. The predicted octanol–water partition coefficient (Wildman–Crippen LogP) is 2.24. The van der Waals surface area contributed by atoms with Gasteiger partial charge in [-0.2, -0.15) is 0 Å². The lowest BCUT2D eigenvalue weighted by molar-refractivity contribution is -0.116. The summed E-state index contributed by atoms with van der Waals surface area (Å²) < 4.78 is 8.91. The van der Waals surface area contributed by atoms with E-state index in [9.17, 15) is 4.79 Å². The number of anilines is 1. The van der Waals surface area contributed by atoms with Crippen LogP contribution >= 0.6 is 0 Å². The first kappa shape index (κ1) is 15.8. The highest BCUT2D eigenvalue weighted by molar-refractivity contribution is 5.92. The number of carbonyl (C=O) groups excluding carboxylic acids is 1. The fraction of sp³-hybridized carbons (Fsp3) is 0.235. The maximum atomic E-state index is 12.4. The molecule has 24 heavy (non-hydrogen) atoms. The number of imidazole rings is 2. The molecule has 1 N–H and O–H groups in total. The van der Waals surface area contributed by atoms with E-state index in [0.29, 0.717) is 23.1 Å². The third-order valence-corrected chi connectivity index (χ3v) is 3.68. The van der Waals surface area contributed by atoms with E-state index in [0.717, 1.165) is 5.56 Å². The van der Waals surface area contributed by atoms with Gasteiger partial charge >= 0.3 is 0 Å². The van der Waals surface area contributed by atoms with Crippen LogP contribution in [0.4, 0.5) is 5.69 Å². The molecule has 2 heterocycles. The zero-order chi connectivity index (χ0) is 17.1. The molecule has 0 saturated carbocycles. The largest absolute Gasteiger partial charge is 0.495 e. The molecule has 0 atom stereocenters. The molecule has 3 aromatic rings. The number of aromatic nitrogens is 4. The van der Waals surface area contributed by atoms with Crippen molar-refractivity contribution in [3.63, 3.8) is 0 Å². The highest BCUT2D eigenvalue weighted by atomic mass is 16.5. The molecule has 1 amide bonds. The molecular weight excluding hydrogens is 306 g/mol. The third kappa shape index (κ3) is 3.15. The van der Waals surface area contributed by atoms with Gasteiger partial charge in [0.2, 0.25) is 5.91 Å². The van der Waals surface area contributed by atoms with Crippen molar-refractivity contribution >= 4 is 11.6 Å².